The summed E-state index contributed by atoms with van der Waals surface area (Å²) in [5, 5.41) is 3.38. The first-order chi connectivity index (χ1) is 9.60. The fourth-order valence-corrected chi connectivity index (χ4v) is 2.46. The van der Waals surface area contributed by atoms with Crippen LogP contribution in [0.1, 0.15) is 36.7 Å². The normalized spacial score (nSPS) is 18.8. The van der Waals surface area contributed by atoms with Crippen molar-refractivity contribution in [2.45, 2.75) is 32.2 Å². The van der Waals surface area contributed by atoms with Crippen LogP contribution < -0.4 is 16.6 Å². The number of aromatic amines is 2. The van der Waals surface area contributed by atoms with Gasteiger partial charge in [-0.05, 0) is 26.3 Å². The molecule has 0 aliphatic carbocycles. The zero-order valence-electron chi connectivity index (χ0n) is 11.6. The molecule has 1 atom stereocenters. The van der Waals surface area contributed by atoms with Crippen molar-refractivity contribution in [2.24, 2.45) is 0 Å². The molecule has 1 unspecified atom stereocenters. The minimum absolute atomic E-state index is 0.0383. The van der Waals surface area contributed by atoms with Gasteiger partial charge in [0, 0.05) is 25.2 Å². The van der Waals surface area contributed by atoms with E-state index in [1.165, 1.54) is 0 Å². The van der Waals surface area contributed by atoms with Gasteiger partial charge < -0.3 is 15.2 Å². The van der Waals surface area contributed by atoms with Crippen LogP contribution in [0.3, 0.4) is 0 Å². The molecule has 1 aliphatic heterocycles. The molecule has 3 N–H and O–H groups in total. The number of carbonyl (C=O) groups excluding carboxylic acids is 1. The minimum atomic E-state index is -0.660. The fraction of sp³-hybridized carbons (Fsp3) is 0.615. The third-order valence-electron chi connectivity index (χ3n) is 3.51. The Morgan fingerprint density at radius 3 is 2.75 bits per heavy atom. The summed E-state index contributed by atoms with van der Waals surface area (Å²) in [6.45, 7) is 3.97. The lowest BCUT2D eigenvalue weighted by molar-refractivity contribution is 0.0735. The van der Waals surface area contributed by atoms with Crippen LogP contribution in [-0.2, 0) is 0 Å². The van der Waals surface area contributed by atoms with Crippen LogP contribution >= 0.6 is 0 Å². The SMILES string of the molecule is CCN(CC1CCCCN1)C(=O)c1cc(=O)[nH]c(=O)[nH]1. The van der Waals surface area contributed by atoms with Gasteiger partial charge in [0.05, 0.1) is 0 Å². The van der Waals surface area contributed by atoms with E-state index in [2.05, 4.69) is 15.3 Å². The highest BCUT2D eigenvalue weighted by molar-refractivity contribution is 5.92. The summed E-state index contributed by atoms with van der Waals surface area (Å²) in [5.74, 6) is -0.317. The second kappa shape index (κ2) is 6.51. The molecule has 1 aliphatic rings. The van der Waals surface area contributed by atoms with Crippen molar-refractivity contribution in [1.29, 1.82) is 0 Å². The average Bonchev–Trinajstić information content (AvgIpc) is 2.44. The molecule has 2 heterocycles. The lowest BCUT2D eigenvalue weighted by Crippen LogP contribution is -2.46. The molecule has 2 rings (SSSR count). The van der Waals surface area contributed by atoms with Crippen LogP contribution in [-0.4, -0.2) is 46.5 Å². The molecule has 0 aromatic carbocycles. The third-order valence-corrected chi connectivity index (χ3v) is 3.51. The second-order valence-electron chi connectivity index (χ2n) is 4.99. The number of nitrogens with zero attached hydrogens (tertiary/aromatic N) is 1. The Balaban J connectivity index is 2.11. The molecule has 1 saturated heterocycles. The molecule has 0 saturated carbocycles. The lowest BCUT2D eigenvalue weighted by atomic mass is 10.0. The number of piperidine rings is 1. The Labute approximate surface area is 116 Å². The van der Waals surface area contributed by atoms with Gasteiger partial charge in [-0.2, -0.15) is 0 Å². The van der Waals surface area contributed by atoms with E-state index >= 15 is 0 Å². The highest BCUT2D eigenvalue weighted by atomic mass is 16.2. The molecule has 0 spiro atoms. The average molecular weight is 280 g/mol. The number of amides is 1. The van der Waals surface area contributed by atoms with Crippen LogP contribution in [0.4, 0.5) is 0 Å². The van der Waals surface area contributed by atoms with E-state index in [0.717, 1.165) is 31.9 Å². The van der Waals surface area contributed by atoms with Crippen molar-refractivity contribution in [3.8, 4) is 0 Å². The van der Waals surface area contributed by atoms with Crippen molar-refractivity contribution >= 4 is 5.91 Å². The molecule has 1 fully saturated rings. The highest BCUT2D eigenvalue weighted by Gasteiger charge is 2.21. The molecule has 20 heavy (non-hydrogen) atoms. The molecule has 1 aromatic heterocycles. The van der Waals surface area contributed by atoms with Gasteiger partial charge in [0.1, 0.15) is 5.69 Å². The lowest BCUT2D eigenvalue weighted by Gasteiger charge is -2.29. The minimum Gasteiger partial charge on any atom is -0.336 e. The Morgan fingerprint density at radius 1 is 1.35 bits per heavy atom. The van der Waals surface area contributed by atoms with E-state index in [1.54, 1.807) is 4.90 Å². The van der Waals surface area contributed by atoms with E-state index in [-0.39, 0.29) is 17.6 Å². The van der Waals surface area contributed by atoms with E-state index in [9.17, 15) is 14.4 Å². The Bertz CT molecular complexity index is 543. The first-order valence-electron chi connectivity index (χ1n) is 6.96. The number of likely N-dealkylation sites (N-methyl/N-ethyl adjacent to an activating group) is 1. The molecule has 1 amide bonds. The van der Waals surface area contributed by atoms with E-state index in [4.69, 9.17) is 0 Å². The fourth-order valence-electron chi connectivity index (χ4n) is 2.46. The summed E-state index contributed by atoms with van der Waals surface area (Å²) in [6, 6.07) is 1.40. The van der Waals surface area contributed by atoms with Crippen molar-refractivity contribution in [3.05, 3.63) is 32.6 Å². The molecule has 0 bridgehead atoms. The number of carbonyl (C=O) groups is 1. The molecule has 7 nitrogen and oxygen atoms in total. The first kappa shape index (κ1) is 14.5. The number of hydrogen-bond donors (Lipinski definition) is 3. The predicted octanol–water partition coefficient (Wildman–Crippen LogP) is -0.333. The van der Waals surface area contributed by atoms with Gasteiger partial charge in [-0.1, -0.05) is 6.42 Å². The van der Waals surface area contributed by atoms with Crippen LogP contribution in [0.5, 0.6) is 0 Å². The Kier molecular flexibility index (Phi) is 4.73. The summed E-state index contributed by atoms with van der Waals surface area (Å²) in [5.41, 5.74) is -1.19. The number of rotatable bonds is 4. The van der Waals surface area contributed by atoms with Crippen LogP contribution in [0.25, 0.3) is 0 Å². The van der Waals surface area contributed by atoms with Gasteiger partial charge in [0.15, 0.2) is 0 Å². The molecule has 1 aromatic rings. The molecule has 0 radical (unpaired) electrons. The van der Waals surface area contributed by atoms with Gasteiger partial charge in [-0.25, -0.2) is 4.79 Å². The number of nitrogens with one attached hydrogen (secondary N) is 3. The molecule has 110 valence electrons. The maximum absolute atomic E-state index is 12.3. The zero-order chi connectivity index (χ0) is 14.5. The summed E-state index contributed by atoms with van der Waals surface area (Å²) in [4.78, 5) is 40.9. The van der Waals surface area contributed by atoms with Crippen LogP contribution in [0, 0.1) is 0 Å². The molecular weight excluding hydrogens is 260 g/mol. The smallest absolute Gasteiger partial charge is 0.326 e. The van der Waals surface area contributed by atoms with Crippen molar-refractivity contribution in [1.82, 2.24) is 20.2 Å². The van der Waals surface area contributed by atoms with Crippen LogP contribution in [0.2, 0.25) is 0 Å². The number of aromatic nitrogens is 2. The van der Waals surface area contributed by atoms with Gasteiger partial charge >= 0.3 is 5.69 Å². The number of H-pyrrole nitrogens is 2. The van der Waals surface area contributed by atoms with Crippen molar-refractivity contribution in [3.63, 3.8) is 0 Å². The summed E-state index contributed by atoms with van der Waals surface area (Å²) < 4.78 is 0. The van der Waals surface area contributed by atoms with Crippen molar-refractivity contribution < 1.29 is 4.79 Å². The van der Waals surface area contributed by atoms with Crippen molar-refractivity contribution in [2.75, 3.05) is 19.6 Å². The highest BCUT2D eigenvalue weighted by Crippen LogP contribution is 2.09. The van der Waals surface area contributed by atoms with E-state index < -0.39 is 11.2 Å². The third kappa shape index (κ3) is 3.57. The standard InChI is InChI=1S/C13H20N4O3/c1-2-17(8-9-5-3-4-6-14-9)12(19)10-7-11(18)16-13(20)15-10/h7,9,14H,2-6,8H2,1H3,(H2,15,16,18,20). The maximum Gasteiger partial charge on any atom is 0.326 e. The van der Waals surface area contributed by atoms with Crippen LogP contribution in [0.15, 0.2) is 15.7 Å². The largest absolute Gasteiger partial charge is 0.336 e. The summed E-state index contributed by atoms with van der Waals surface area (Å²) >= 11 is 0. The Hall–Kier alpha value is -1.89. The molecular formula is C13H20N4O3. The number of hydrogen-bond acceptors (Lipinski definition) is 4. The van der Waals surface area contributed by atoms with E-state index in [1.807, 2.05) is 6.92 Å². The Morgan fingerprint density at radius 2 is 2.15 bits per heavy atom. The summed E-state index contributed by atoms with van der Waals surface area (Å²) in [7, 11) is 0. The quantitative estimate of drug-likeness (QED) is 0.703. The monoisotopic (exact) mass is 280 g/mol. The van der Waals surface area contributed by atoms with Gasteiger partial charge in [0.25, 0.3) is 11.5 Å². The maximum atomic E-state index is 12.3. The predicted molar refractivity (Wildman–Crippen MR) is 74.9 cm³/mol. The van der Waals surface area contributed by atoms with Gasteiger partial charge in [-0.3, -0.25) is 14.6 Å². The van der Waals surface area contributed by atoms with Gasteiger partial charge in [0.2, 0.25) is 0 Å². The van der Waals surface area contributed by atoms with E-state index in [0.29, 0.717) is 13.1 Å². The van der Waals surface area contributed by atoms with Gasteiger partial charge in [-0.15, -0.1) is 0 Å². The second-order valence-corrected chi connectivity index (χ2v) is 4.99. The summed E-state index contributed by atoms with van der Waals surface area (Å²) in [6.07, 6.45) is 3.36. The first-order valence-corrected chi connectivity index (χ1v) is 6.96. The topological polar surface area (TPSA) is 98.1 Å². The zero-order valence-corrected chi connectivity index (χ0v) is 11.6. The molecule has 7 heteroatoms.